The molecule has 20 heavy (non-hydrogen) atoms. The first-order chi connectivity index (χ1) is 9.64. The number of nitrogens with one attached hydrogen (secondary N) is 1. The highest BCUT2D eigenvalue weighted by molar-refractivity contribution is 5.82. The second-order valence-corrected chi connectivity index (χ2v) is 5.93. The summed E-state index contributed by atoms with van der Waals surface area (Å²) in [7, 11) is 2.09. The van der Waals surface area contributed by atoms with Crippen LogP contribution in [-0.2, 0) is 14.3 Å². The Hall–Kier alpha value is -0.650. The minimum absolute atomic E-state index is 0.0879. The highest BCUT2D eigenvalue weighted by Gasteiger charge is 2.52. The number of carbonyl (C=O) groups is 1. The average molecular weight is 284 g/mol. The van der Waals surface area contributed by atoms with Gasteiger partial charge in [-0.3, -0.25) is 4.90 Å². The molecule has 0 aromatic rings. The van der Waals surface area contributed by atoms with Gasteiger partial charge in [0, 0.05) is 19.2 Å². The number of ether oxygens (including phenoxy) is 2. The van der Waals surface area contributed by atoms with E-state index in [1.807, 2.05) is 6.92 Å². The van der Waals surface area contributed by atoms with E-state index in [1.165, 1.54) is 0 Å². The number of nitrogens with zero attached hydrogens (tertiary/aromatic N) is 1. The van der Waals surface area contributed by atoms with E-state index in [4.69, 9.17) is 9.47 Å². The topological polar surface area (TPSA) is 50.8 Å². The molecule has 1 aliphatic heterocycles. The van der Waals surface area contributed by atoms with Crippen molar-refractivity contribution < 1.29 is 14.3 Å². The van der Waals surface area contributed by atoms with Crippen molar-refractivity contribution in [3.8, 4) is 0 Å². The fourth-order valence-electron chi connectivity index (χ4n) is 3.18. The molecule has 0 spiro atoms. The lowest BCUT2D eigenvalue weighted by molar-refractivity contribution is -0.153. The van der Waals surface area contributed by atoms with Gasteiger partial charge in [0.2, 0.25) is 0 Å². The summed E-state index contributed by atoms with van der Waals surface area (Å²) in [4.78, 5) is 14.8. The van der Waals surface area contributed by atoms with Gasteiger partial charge in [-0.2, -0.15) is 0 Å². The maximum atomic E-state index is 12.5. The summed E-state index contributed by atoms with van der Waals surface area (Å²) in [5.74, 6) is 0.321. The second kappa shape index (κ2) is 6.87. The largest absolute Gasteiger partial charge is 0.465 e. The Morgan fingerprint density at radius 2 is 2.15 bits per heavy atom. The Morgan fingerprint density at radius 3 is 2.65 bits per heavy atom. The van der Waals surface area contributed by atoms with Crippen LogP contribution >= 0.6 is 0 Å². The fraction of sp³-hybridized carbons (Fsp3) is 0.933. The monoisotopic (exact) mass is 284 g/mol. The molecule has 0 aromatic heterocycles. The summed E-state index contributed by atoms with van der Waals surface area (Å²) in [5.41, 5.74) is -0.540. The molecule has 116 valence electrons. The Balaban J connectivity index is 2.09. The molecule has 1 saturated carbocycles. The third kappa shape index (κ3) is 3.32. The molecule has 2 aliphatic rings. The SMILES string of the molecule is CCNC(CN(C)C1CCOC1)(C(=O)OCC)C1CC1. The van der Waals surface area contributed by atoms with Gasteiger partial charge in [0.25, 0.3) is 0 Å². The van der Waals surface area contributed by atoms with Crippen molar-refractivity contribution in [2.75, 3.05) is 40.0 Å². The minimum atomic E-state index is -0.540. The standard InChI is InChI=1S/C15H28N2O3/c1-4-16-15(12-6-7-12,14(18)20-5-2)11-17(3)13-8-9-19-10-13/h12-13,16H,4-11H2,1-3H3. The van der Waals surface area contributed by atoms with Crippen LogP contribution < -0.4 is 5.32 Å². The Bertz CT molecular complexity index is 327. The molecule has 1 heterocycles. The highest BCUT2D eigenvalue weighted by Crippen LogP contribution is 2.41. The van der Waals surface area contributed by atoms with Gasteiger partial charge in [-0.25, -0.2) is 4.79 Å². The molecule has 5 nitrogen and oxygen atoms in total. The molecule has 1 aliphatic carbocycles. The van der Waals surface area contributed by atoms with Crippen molar-refractivity contribution in [1.82, 2.24) is 10.2 Å². The lowest BCUT2D eigenvalue weighted by Gasteiger charge is -2.37. The van der Waals surface area contributed by atoms with Crippen molar-refractivity contribution in [3.05, 3.63) is 0 Å². The van der Waals surface area contributed by atoms with E-state index in [0.717, 1.165) is 39.0 Å². The predicted molar refractivity (Wildman–Crippen MR) is 77.6 cm³/mol. The van der Waals surface area contributed by atoms with Crippen LogP contribution in [0.4, 0.5) is 0 Å². The maximum absolute atomic E-state index is 12.5. The van der Waals surface area contributed by atoms with Gasteiger partial charge in [-0.05, 0) is 45.7 Å². The molecule has 1 N–H and O–H groups in total. The third-order valence-electron chi connectivity index (χ3n) is 4.43. The van der Waals surface area contributed by atoms with Crippen LogP contribution in [0.3, 0.4) is 0 Å². The van der Waals surface area contributed by atoms with Gasteiger partial charge in [0.1, 0.15) is 5.54 Å². The summed E-state index contributed by atoms with van der Waals surface area (Å²) in [6, 6.07) is 0.418. The predicted octanol–water partition coefficient (Wildman–Crippen LogP) is 1.03. The van der Waals surface area contributed by atoms with E-state index in [9.17, 15) is 4.79 Å². The number of hydrogen-bond donors (Lipinski definition) is 1. The van der Waals surface area contributed by atoms with Gasteiger partial charge in [-0.1, -0.05) is 6.92 Å². The Labute approximate surface area is 122 Å². The Kier molecular flexibility index (Phi) is 5.41. The van der Waals surface area contributed by atoms with Crippen molar-refractivity contribution >= 4 is 5.97 Å². The quantitative estimate of drug-likeness (QED) is 0.675. The summed E-state index contributed by atoms with van der Waals surface area (Å²) < 4.78 is 10.8. The molecular formula is C15H28N2O3. The average Bonchev–Trinajstić information content (AvgIpc) is 3.13. The van der Waals surface area contributed by atoms with Gasteiger partial charge in [-0.15, -0.1) is 0 Å². The highest BCUT2D eigenvalue weighted by atomic mass is 16.5. The van der Waals surface area contributed by atoms with E-state index in [2.05, 4.69) is 24.2 Å². The van der Waals surface area contributed by atoms with Crippen LogP contribution in [0.1, 0.15) is 33.1 Å². The first kappa shape index (κ1) is 15.7. The third-order valence-corrected chi connectivity index (χ3v) is 4.43. The second-order valence-electron chi connectivity index (χ2n) is 5.93. The van der Waals surface area contributed by atoms with Crippen molar-refractivity contribution in [2.45, 2.75) is 44.7 Å². The van der Waals surface area contributed by atoms with Crippen LogP contribution in [-0.4, -0.2) is 62.4 Å². The zero-order chi connectivity index (χ0) is 14.6. The van der Waals surface area contributed by atoms with E-state index in [-0.39, 0.29) is 5.97 Å². The number of rotatable bonds is 8. The molecular weight excluding hydrogens is 256 g/mol. The summed E-state index contributed by atoms with van der Waals surface area (Å²) in [5, 5.41) is 3.44. The molecule has 0 amide bonds. The zero-order valence-electron chi connectivity index (χ0n) is 13.0. The van der Waals surface area contributed by atoms with Crippen molar-refractivity contribution in [1.29, 1.82) is 0 Å². The van der Waals surface area contributed by atoms with Crippen LogP contribution in [0.2, 0.25) is 0 Å². The van der Waals surface area contributed by atoms with Crippen molar-refractivity contribution in [3.63, 3.8) is 0 Å². The van der Waals surface area contributed by atoms with E-state index >= 15 is 0 Å². The molecule has 0 bridgehead atoms. The molecule has 1 saturated heterocycles. The molecule has 2 unspecified atom stereocenters. The molecule has 2 atom stereocenters. The van der Waals surface area contributed by atoms with Crippen molar-refractivity contribution in [2.24, 2.45) is 5.92 Å². The fourth-order valence-corrected chi connectivity index (χ4v) is 3.18. The first-order valence-corrected chi connectivity index (χ1v) is 7.84. The number of carbonyl (C=O) groups excluding carboxylic acids is 1. The van der Waals surface area contributed by atoms with Gasteiger partial charge < -0.3 is 14.8 Å². The van der Waals surface area contributed by atoms with E-state index in [0.29, 0.717) is 25.1 Å². The summed E-state index contributed by atoms with van der Waals surface area (Å²) >= 11 is 0. The zero-order valence-corrected chi connectivity index (χ0v) is 13.0. The van der Waals surface area contributed by atoms with E-state index < -0.39 is 5.54 Å². The number of esters is 1. The normalized spacial score (nSPS) is 25.7. The molecule has 0 radical (unpaired) electrons. The minimum Gasteiger partial charge on any atom is -0.465 e. The Morgan fingerprint density at radius 1 is 1.40 bits per heavy atom. The number of hydrogen-bond acceptors (Lipinski definition) is 5. The van der Waals surface area contributed by atoms with Crippen LogP contribution in [0, 0.1) is 5.92 Å². The first-order valence-electron chi connectivity index (χ1n) is 7.84. The lowest BCUT2D eigenvalue weighted by Crippen LogP contribution is -2.62. The number of likely N-dealkylation sites (N-methyl/N-ethyl adjacent to an activating group) is 2. The van der Waals surface area contributed by atoms with Gasteiger partial charge in [0.05, 0.1) is 13.2 Å². The molecule has 2 rings (SSSR count). The smallest absolute Gasteiger partial charge is 0.327 e. The maximum Gasteiger partial charge on any atom is 0.327 e. The summed E-state index contributed by atoms with van der Waals surface area (Å²) in [6.07, 6.45) is 3.27. The molecule has 0 aromatic carbocycles. The molecule has 2 fully saturated rings. The lowest BCUT2D eigenvalue weighted by atomic mass is 9.91. The van der Waals surface area contributed by atoms with Gasteiger partial charge in [0.15, 0.2) is 0 Å². The molecule has 5 heteroatoms. The van der Waals surface area contributed by atoms with Gasteiger partial charge >= 0.3 is 5.97 Å². The van der Waals surface area contributed by atoms with Crippen LogP contribution in [0.5, 0.6) is 0 Å². The van der Waals surface area contributed by atoms with E-state index in [1.54, 1.807) is 0 Å². The van der Waals surface area contributed by atoms with Crippen LogP contribution in [0.15, 0.2) is 0 Å². The summed E-state index contributed by atoms with van der Waals surface area (Å²) in [6.45, 7) is 7.45. The van der Waals surface area contributed by atoms with Crippen LogP contribution in [0.25, 0.3) is 0 Å².